The summed E-state index contributed by atoms with van der Waals surface area (Å²) in [6, 6.07) is 6.15. The molecule has 4 nitrogen and oxygen atoms in total. The van der Waals surface area contributed by atoms with E-state index in [1.54, 1.807) is 0 Å². The molecule has 0 saturated carbocycles. The molecule has 0 fully saturated rings. The van der Waals surface area contributed by atoms with E-state index in [1.165, 1.54) is 6.08 Å². The third kappa shape index (κ3) is 2.38. The van der Waals surface area contributed by atoms with Crippen LogP contribution in [-0.4, -0.2) is 31.5 Å². The van der Waals surface area contributed by atoms with Gasteiger partial charge in [0.1, 0.15) is 5.75 Å². The fourth-order valence-electron chi connectivity index (χ4n) is 2.23. The van der Waals surface area contributed by atoms with Crippen molar-refractivity contribution < 1.29 is 9.53 Å². The Balaban J connectivity index is 2.37. The Bertz CT molecular complexity index is 469. The lowest BCUT2D eigenvalue weighted by molar-refractivity contribution is -0.111. The van der Waals surface area contributed by atoms with Gasteiger partial charge in [-0.15, -0.1) is 0 Å². The van der Waals surface area contributed by atoms with Crippen LogP contribution < -0.4 is 10.1 Å². The van der Waals surface area contributed by atoms with Crippen molar-refractivity contribution in [1.82, 2.24) is 4.90 Å². The Morgan fingerprint density at radius 3 is 3.00 bits per heavy atom. The average Bonchev–Trinajstić information content (AvgIpc) is 2.38. The van der Waals surface area contributed by atoms with E-state index in [2.05, 4.69) is 30.9 Å². The van der Waals surface area contributed by atoms with Crippen molar-refractivity contribution in [1.29, 1.82) is 0 Å². The van der Waals surface area contributed by atoms with Gasteiger partial charge >= 0.3 is 0 Å². The number of ether oxygens (including phenoxy) is 1. The Morgan fingerprint density at radius 1 is 1.56 bits per heavy atom. The molecule has 1 aromatic carbocycles. The second-order valence-corrected chi connectivity index (χ2v) is 4.53. The number of hydrogen-bond donors (Lipinski definition) is 1. The molecule has 1 amide bonds. The number of nitrogens with one attached hydrogen (secondary N) is 1. The van der Waals surface area contributed by atoms with Crippen molar-refractivity contribution in [3.05, 3.63) is 36.4 Å². The molecule has 0 bridgehead atoms. The van der Waals surface area contributed by atoms with Crippen LogP contribution in [-0.2, 0) is 4.79 Å². The topological polar surface area (TPSA) is 41.6 Å². The van der Waals surface area contributed by atoms with Gasteiger partial charge in [0.25, 0.3) is 0 Å². The van der Waals surface area contributed by atoms with Gasteiger partial charge < -0.3 is 15.0 Å². The number of anilines is 1. The normalized spacial score (nSPS) is 17.8. The van der Waals surface area contributed by atoms with Crippen LogP contribution in [0.25, 0.3) is 0 Å². The van der Waals surface area contributed by atoms with Crippen molar-refractivity contribution in [3.8, 4) is 5.75 Å². The van der Waals surface area contributed by atoms with Crippen molar-refractivity contribution in [2.24, 2.45) is 0 Å². The SMILES string of the molecule is C=CC(=O)Nc1cccc2c1OCCC2N(C)C. The van der Waals surface area contributed by atoms with E-state index in [4.69, 9.17) is 4.74 Å². The highest BCUT2D eigenvalue weighted by Crippen LogP contribution is 2.39. The first-order valence-corrected chi connectivity index (χ1v) is 5.99. The first-order valence-electron chi connectivity index (χ1n) is 5.99. The van der Waals surface area contributed by atoms with Crippen molar-refractivity contribution in [3.63, 3.8) is 0 Å². The highest BCUT2D eigenvalue weighted by atomic mass is 16.5. The standard InChI is InChI=1S/C14H18N2O2/c1-4-13(17)15-11-7-5-6-10-12(16(2)3)8-9-18-14(10)11/h4-7,12H,1,8-9H2,2-3H3,(H,15,17). The molecule has 1 heterocycles. The second kappa shape index (κ2) is 5.23. The summed E-state index contributed by atoms with van der Waals surface area (Å²) in [6.45, 7) is 4.11. The molecular weight excluding hydrogens is 228 g/mol. The van der Waals surface area contributed by atoms with Crippen LogP contribution in [0.1, 0.15) is 18.0 Å². The smallest absolute Gasteiger partial charge is 0.247 e. The number of amides is 1. The number of benzene rings is 1. The molecule has 96 valence electrons. The first-order chi connectivity index (χ1) is 8.63. The zero-order valence-electron chi connectivity index (χ0n) is 10.8. The molecule has 0 aliphatic carbocycles. The maximum Gasteiger partial charge on any atom is 0.247 e. The average molecular weight is 246 g/mol. The molecule has 0 spiro atoms. The molecule has 0 radical (unpaired) electrons. The Labute approximate surface area is 107 Å². The summed E-state index contributed by atoms with van der Waals surface area (Å²) < 4.78 is 5.70. The number of nitrogens with zero attached hydrogens (tertiary/aromatic N) is 1. The third-order valence-electron chi connectivity index (χ3n) is 3.11. The summed E-state index contributed by atoms with van der Waals surface area (Å²) in [4.78, 5) is 13.6. The van der Waals surface area contributed by atoms with Crippen LogP contribution in [0.15, 0.2) is 30.9 Å². The predicted molar refractivity (Wildman–Crippen MR) is 71.8 cm³/mol. The molecule has 1 N–H and O–H groups in total. The van der Waals surface area contributed by atoms with Crippen LogP contribution in [0.4, 0.5) is 5.69 Å². The van der Waals surface area contributed by atoms with E-state index in [0.29, 0.717) is 18.3 Å². The largest absolute Gasteiger partial charge is 0.491 e. The van der Waals surface area contributed by atoms with Gasteiger partial charge in [-0.1, -0.05) is 18.7 Å². The van der Waals surface area contributed by atoms with Crippen LogP contribution in [0, 0.1) is 0 Å². The summed E-state index contributed by atoms with van der Waals surface area (Å²) in [6.07, 6.45) is 2.21. The number of carbonyl (C=O) groups is 1. The maximum absolute atomic E-state index is 11.4. The maximum atomic E-state index is 11.4. The quantitative estimate of drug-likeness (QED) is 0.831. The first kappa shape index (κ1) is 12.6. The second-order valence-electron chi connectivity index (χ2n) is 4.53. The number of fused-ring (bicyclic) bond motifs is 1. The van der Waals surface area contributed by atoms with Gasteiger partial charge in [0.2, 0.25) is 5.91 Å². The number of rotatable bonds is 3. The highest BCUT2D eigenvalue weighted by molar-refractivity contribution is 6.00. The van der Waals surface area contributed by atoms with E-state index in [1.807, 2.05) is 18.2 Å². The van der Waals surface area contributed by atoms with Gasteiger partial charge in [-0.3, -0.25) is 4.79 Å². The zero-order valence-corrected chi connectivity index (χ0v) is 10.8. The summed E-state index contributed by atoms with van der Waals surface area (Å²) in [7, 11) is 4.10. The molecule has 4 heteroatoms. The van der Waals surface area contributed by atoms with E-state index in [9.17, 15) is 4.79 Å². The lowest BCUT2D eigenvalue weighted by Gasteiger charge is -2.31. The van der Waals surface area contributed by atoms with Gasteiger partial charge in [-0.05, 0) is 26.2 Å². The molecule has 0 saturated heterocycles. The van der Waals surface area contributed by atoms with E-state index < -0.39 is 0 Å². The lowest BCUT2D eigenvalue weighted by Crippen LogP contribution is -2.26. The molecule has 2 rings (SSSR count). The molecule has 1 atom stereocenters. The fourth-order valence-corrected chi connectivity index (χ4v) is 2.23. The molecule has 1 aliphatic rings. The summed E-state index contributed by atoms with van der Waals surface area (Å²) >= 11 is 0. The number of para-hydroxylation sites is 1. The van der Waals surface area contributed by atoms with E-state index in [0.717, 1.165) is 17.7 Å². The van der Waals surface area contributed by atoms with Crippen LogP contribution in [0.5, 0.6) is 5.75 Å². The van der Waals surface area contributed by atoms with Crippen LogP contribution in [0.3, 0.4) is 0 Å². The van der Waals surface area contributed by atoms with Crippen molar-refractivity contribution >= 4 is 11.6 Å². The van der Waals surface area contributed by atoms with Gasteiger partial charge in [0.15, 0.2) is 0 Å². The summed E-state index contributed by atoms with van der Waals surface area (Å²) in [5.41, 5.74) is 1.83. The van der Waals surface area contributed by atoms with Gasteiger partial charge in [0, 0.05) is 18.0 Å². The third-order valence-corrected chi connectivity index (χ3v) is 3.11. The Kier molecular flexibility index (Phi) is 3.67. The summed E-state index contributed by atoms with van der Waals surface area (Å²) in [5, 5.41) is 2.78. The highest BCUT2D eigenvalue weighted by Gasteiger charge is 2.25. The minimum Gasteiger partial charge on any atom is -0.491 e. The van der Waals surface area contributed by atoms with Crippen LogP contribution >= 0.6 is 0 Å². The molecule has 1 unspecified atom stereocenters. The van der Waals surface area contributed by atoms with Gasteiger partial charge in [-0.25, -0.2) is 0 Å². The monoisotopic (exact) mass is 246 g/mol. The molecular formula is C14H18N2O2. The number of carbonyl (C=O) groups excluding carboxylic acids is 1. The van der Waals surface area contributed by atoms with Crippen molar-refractivity contribution in [2.45, 2.75) is 12.5 Å². The Morgan fingerprint density at radius 2 is 2.33 bits per heavy atom. The van der Waals surface area contributed by atoms with Gasteiger partial charge in [-0.2, -0.15) is 0 Å². The molecule has 0 aromatic heterocycles. The van der Waals surface area contributed by atoms with E-state index in [-0.39, 0.29) is 5.91 Å². The Hall–Kier alpha value is -1.81. The molecule has 1 aliphatic heterocycles. The minimum absolute atomic E-state index is 0.223. The molecule has 18 heavy (non-hydrogen) atoms. The number of hydrogen-bond acceptors (Lipinski definition) is 3. The zero-order chi connectivity index (χ0) is 13.1. The van der Waals surface area contributed by atoms with Gasteiger partial charge in [0.05, 0.1) is 12.3 Å². The predicted octanol–water partition coefficient (Wildman–Crippen LogP) is 2.20. The van der Waals surface area contributed by atoms with E-state index >= 15 is 0 Å². The van der Waals surface area contributed by atoms with Crippen LogP contribution in [0.2, 0.25) is 0 Å². The molecule has 1 aromatic rings. The lowest BCUT2D eigenvalue weighted by atomic mass is 9.98. The van der Waals surface area contributed by atoms with Crippen molar-refractivity contribution in [2.75, 3.05) is 26.0 Å². The minimum atomic E-state index is -0.223. The fraction of sp³-hybridized carbons (Fsp3) is 0.357. The summed E-state index contributed by atoms with van der Waals surface area (Å²) in [5.74, 6) is 0.552.